The quantitative estimate of drug-likeness (QED) is 0.693. The molecule has 1 fully saturated rings. The van der Waals surface area contributed by atoms with E-state index in [4.69, 9.17) is 20.5 Å². The van der Waals surface area contributed by atoms with Crippen LogP contribution in [0.3, 0.4) is 0 Å². The summed E-state index contributed by atoms with van der Waals surface area (Å²) in [5.74, 6) is -0.425. The van der Waals surface area contributed by atoms with E-state index in [0.29, 0.717) is 35.9 Å². The number of aryl methyl sites for hydroxylation is 2. The molecule has 1 saturated heterocycles. The van der Waals surface area contributed by atoms with E-state index in [9.17, 15) is 9.59 Å². The molecular weight excluding hydrogens is 426 g/mol. The molecule has 32 heavy (non-hydrogen) atoms. The summed E-state index contributed by atoms with van der Waals surface area (Å²) in [6.45, 7) is 5.46. The van der Waals surface area contributed by atoms with Crippen molar-refractivity contribution in [2.75, 3.05) is 30.3 Å². The molecule has 0 bridgehead atoms. The van der Waals surface area contributed by atoms with Crippen LogP contribution in [-0.4, -0.2) is 42.6 Å². The highest BCUT2D eigenvalue weighted by Gasteiger charge is 2.49. The second kappa shape index (κ2) is 8.00. The lowest BCUT2D eigenvalue weighted by atomic mass is 9.79. The maximum Gasteiger partial charge on any atom is 0.410 e. The number of carbonyl (C=O) groups excluding carboxylic acids is 2. The van der Waals surface area contributed by atoms with Crippen molar-refractivity contribution in [2.24, 2.45) is 0 Å². The van der Waals surface area contributed by atoms with Gasteiger partial charge < -0.3 is 19.9 Å². The van der Waals surface area contributed by atoms with Crippen molar-refractivity contribution >= 4 is 35.0 Å². The van der Waals surface area contributed by atoms with E-state index in [-0.39, 0.29) is 6.42 Å². The first kappa shape index (κ1) is 18.8. The molecule has 0 spiro atoms. The van der Waals surface area contributed by atoms with Crippen LogP contribution in [0.2, 0.25) is 5.02 Å². The number of hydrogen-bond donors (Lipinski definition) is 1. The summed E-state index contributed by atoms with van der Waals surface area (Å²) in [4.78, 5) is 27.7. The minimum atomic E-state index is -2.58. The standard InChI is InChI=1S/C25H30ClN3O3/c1-16-7-6-8-19(26)22(16)25(14-29(15-25)23(31)32-24(2,3)4)27-18-11-9-17-10-12-21(30)28(5)20(17)13-18/h6-9,11,13,27H,10,12,14-15H2,1-5H3/i5D3. The zero-order valence-corrected chi connectivity index (χ0v) is 19.5. The van der Waals surface area contributed by atoms with Crippen LogP contribution < -0.4 is 10.2 Å². The third-order valence-corrected chi connectivity index (χ3v) is 6.16. The molecule has 1 N–H and O–H groups in total. The molecule has 2 amide bonds. The van der Waals surface area contributed by atoms with Crippen molar-refractivity contribution in [1.29, 1.82) is 0 Å². The number of carbonyl (C=O) groups is 2. The summed E-state index contributed by atoms with van der Waals surface area (Å²) in [6, 6.07) is 11.1. The third-order valence-electron chi connectivity index (χ3n) is 5.84. The lowest BCUT2D eigenvalue weighted by Gasteiger charge is -2.52. The largest absolute Gasteiger partial charge is 0.444 e. The molecular formula is C25H30ClN3O3. The molecule has 170 valence electrons. The van der Waals surface area contributed by atoms with E-state index in [0.717, 1.165) is 21.6 Å². The highest BCUT2D eigenvalue weighted by atomic mass is 35.5. The lowest BCUT2D eigenvalue weighted by Crippen LogP contribution is -2.65. The Labute approximate surface area is 198 Å². The number of benzene rings is 2. The normalized spacial score (nSPS) is 19.3. The van der Waals surface area contributed by atoms with Crippen LogP contribution in [0.4, 0.5) is 16.2 Å². The topological polar surface area (TPSA) is 61.9 Å². The van der Waals surface area contributed by atoms with Gasteiger partial charge in [0.2, 0.25) is 5.91 Å². The minimum absolute atomic E-state index is 0.159. The Morgan fingerprint density at radius 2 is 1.97 bits per heavy atom. The maximum absolute atomic E-state index is 12.7. The molecule has 2 aromatic carbocycles. The van der Waals surface area contributed by atoms with Gasteiger partial charge in [-0.1, -0.05) is 29.8 Å². The summed E-state index contributed by atoms with van der Waals surface area (Å²) in [5.41, 5.74) is 2.31. The fourth-order valence-corrected chi connectivity index (χ4v) is 4.83. The van der Waals surface area contributed by atoms with Gasteiger partial charge in [-0.2, -0.15) is 0 Å². The summed E-state index contributed by atoms with van der Waals surface area (Å²) in [6.07, 6.45) is 0.234. The summed E-state index contributed by atoms with van der Waals surface area (Å²) >= 11 is 6.64. The molecule has 0 aliphatic carbocycles. The first-order chi connectivity index (χ1) is 16.2. The van der Waals surface area contributed by atoms with Crippen LogP contribution in [0.15, 0.2) is 36.4 Å². The molecule has 2 aliphatic rings. The molecule has 7 heteroatoms. The van der Waals surface area contributed by atoms with Crippen molar-refractivity contribution in [3.05, 3.63) is 58.1 Å². The molecule has 6 nitrogen and oxygen atoms in total. The highest BCUT2D eigenvalue weighted by Crippen LogP contribution is 2.42. The molecule has 0 radical (unpaired) electrons. The molecule has 0 saturated carbocycles. The van der Waals surface area contributed by atoms with Gasteiger partial charge in [0.1, 0.15) is 5.60 Å². The van der Waals surface area contributed by atoms with E-state index in [2.05, 4.69) is 5.32 Å². The van der Waals surface area contributed by atoms with Crippen molar-refractivity contribution < 1.29 is 18.4 Å². The Kier molecular flexibility index (Phi) is 4.70. The smallest absolute Gasteiger partial charge is 0.410 e. The molecule has 2 aliphatic heterocycles. The van der Waals surface area contributed by atoms with Crippen LogP contribution in [0, 0.1) is 6.92 Å². The summed E-state index contributed by atoms with van der Waals surface area (Å²) in [5, 5.41) is 4.09. The minimum Gasteiger partial charge on any atom is -0.444 e. The zero-order valence-electron chi connectivity index (χ0n) is 21.8. The van der Waals surface area contributed by atoms with E-state index in [1.807, 2.05) is 58.0 Å². The van der Waals surface area contributed by atoms with E-state index >= 15 is 0 Å². The van der Waals surface area contributed by atoms with Gasteiger partial charge in [0, 0.05) is 39.5 Å². The Hall–Kier alpha value is -2.73. The number of nitrogens with one attached hydrogen (secondary N) is 1. The zero-order chi connectivity index (χ0) is 25.8. The second-order valence-corrected chi connectivity index (χ2v) is 9.96. The Morgan fingerprint density at radius 3 is 2.62 bits per heavy atom. The Morgan fingerprint density at radius 1 is 1.22 bits per heavy atom. The monoisotopic (exact) mass is 458 g/mol. The van der Waals surface area contributed by atoms with Gasteiger partial charge in [-0.3, -0.25) is 4.79 Å². The predicted molar refractivity (Wildman–Crippen MR) is 127 cm³/mol. The molecule has 2 aromatic rings. The maximum atomic E-state index is 12.7. The molecule has 4 rings (SSSR count). The SMILES string of the molecule is [2H]C([2H])([2H])N1C(=O)CCc2ccc(NC3(c4c(C)cccc4Cl)CN(C(=O)OC(C)(C)C)C3)cc21. The van der Waals surface area contributed by atoms with Crippen LogP contribution in [-0.2, 0) is 21.5 Å². The van der Waals surface area contributed by atoms with Crippen molar-refractivity contribution in [1.82, 2.24) is 4.90 Å². The van der Waals surface area contributed by atoms with Crippen LogP contribution in [0.25, 0.3) is 0 Å². The van der Waals surface area contributed by atoms with Gasteiger partial charge in [0.15, 0.2) is 0 Å². The van der Waals surface area contributed by atoms with Gasteiger partial charge >= 0.3 is 6.09 Å². The van der Waals surface area contributed by atoms with Crippen LogP contribution in [0.1, 0.15) is 48.0 Å². The lowest BCUT2D eigenvalue weighted by molar-refractivity contribution is -0.118. The molecule has 0 unspecified atom stereocenters. The number of halogens is 1. The first-order valence-electron chi connectivity index (χ1n) is 12.2. The highest BCUT2D eigenvalue weighted by molar-refractivity contribution is 6.31. The van der Waals surface area contributed by atoms with E-state index in [1.54, 1.807) is 11.0 Å². The van der Waals surface area contributed by atoms with Crippen LogP contribution >= 0.6 is 11.6 Å². The molecule has 0 atom stereocenters. The Bertz CT molecular complexity index is 1150. The van der Waals surface area contributed by atoms with Gasteiger partial charge in [0.25, 0.3) is 0 Å². The van der Waals surface area contributed by atoms with E-state index in [1.165, 1.54) is 0 Å². The summed E-state index contributed by atoms with van der Waals surface area (Å²) in [7, 11) is 0. The first-order valence-corrected chi connectivity index (χ1v) is 11.1. The number of likely N-dealkylation sites (tertiary alicyclic amines) is 1. The van der Waals surface area contributed by atoms with Crippen molar-refractivity contribution in [3.63, 3.8) is 0 Å². The number of nitrogens with zero attached hydrogens (tertiary/aromatic N) is 2. The van der Waals surface area contributed by atoms with Gasteiger partial charge in [-0.15, -0.1) is 0 Å². The number of ether oxygens (including phenoxy) is 1. The number of amides is 2. The average molecular weight is 459 g/mol. The van der Waals surface area contributed by atoms with E-state index < -0.39 is 30.1 Å². The van der Waals surface area contributed by atoms with Gasteiger partial charge in [-0.25, -0.2) is 4.79 Å². The number of fused-ring (bicyclic) bond motifs is 1. The van der Waals surface area contributed by atoms with Gasteiger partial charge in [-0.05, 0) is 63.4 Å². The fourth-order valence-electron chi connectivity index (χ4n) is 4.42. The molecule has 0 aromatic heterocycles. The number of anilines is 2. The second-order valence-electron chi connectivity index (χ2n) is 9.55. The van der Waals surface area contributed by atoms with Crippen molar-refractivity contribution in [3.8, 4) is 0 Å². The predicted octanol–water partition coefficient (Wildman–Crippen LogP) is 5.12. The number of hydrogen-bond acceptors (Lipinski definition) is 4. The van der Waals surface area contributed by atoms with Gasteiger partial charge in [0.05, 0.1) is 18.6 Å². The summed E-state index contributed by atoms with van der Waals surface area (Å²) < 4.78 is 29.1. The average Bonchev–Trinajstić information content (AvgIpc) is 2.68. The van der Waals surface area contributed by atoms with Crippen molar-refractivity contribution in [2.45, 2.75) is 51.7 Å². The number of rotatable bonds is 3. The molecule has 2 heterocycles. The fraction of sp³-hybridized carbons (Fsp3) is 0.440. The third kappa shape index (κ3) is 4.16. The van der Waals surface area contributed by atoms with Crippen LogP contribution in [0.5, 0.6) is 0 Å². The Balaban J connectivity index is 1.70.